The highest BCUT2D eigenvalue weighted by Gasteiger charge is 2.30. The van der Waals surface area contributed by atoms with E-state index >= 15 is 0 Å². The van der Waals surface area contributed by atoms with Gasteiger partial charge in [0.1, 0.15) is 17.1 Å². The topological polar surface area (TPSA) is 69.9 Å². The van der Waals surface area contributed by atoms with E-state index in [1.807, 2.05) is 12.1 Å². The molecule has 2 aromatic heterocycles. The zero-order chi connectivity index (χ0) is 22.2. The predicted octanol–water partition coefficient (Wildman–Crippen LogP) is 3.90. The third-order valence-electron chi connectivity index (χ3n) is 6.25. The van der Waals surface area contributed by atoms with Crippen molar-refractivity contribution in [2.75, 3.05) is 17.2 Å². The van der Waals surface area contributed by atoms with E-state index in [9.17, 15) is 18.7 Å². The molecule has 2 aliphatic heterocycles. The molecule has 0 bridgehead atoms. The van der Waals surface area contributed by atoms with Crippen molar-refractivity contribution in [3.8, 4) is 0 Å². The van der Waals surface area contributed by atoms with Crippen LogP contribution in [0.25, 0.3) is 5.52 Å². The zero-order valence-corrected chi connectivity index (χ0v) is 18.2. The number of thioether (sulfide) groups is 1. The molecule has 1 amide bonds. The van der Waals surface area contributed by atoms with Crippen molar-refractivity contribution < 1.29 is 18.7 Å². The van der Waals surface area contributed by atoms with Crippen molar-refractivity contribution in [1.29, 1.82) is 0 Å². The van der Waals surface area contributed by atoms with Gasteiger partial charge in [0.15, 0.2) is 0 Å². The Labute approximate surface area is 188 Å². The normalized spacial score (nSPS) is 23.6. The Hall–Kier alpha value is -2.65. The summed E-state index contributed by atoms with van der Waals surface area (Å²) in [5.41, 5.74) is 1.83. The number of fused-ring (bicyclic) bond motifs is 1. The largest absolute Gasteiger partial charge is 0.382 e. The average Bonchev–Trinajstić information content (AvgIpc) is 3.42. The van der Waals surface area contributed by atoms with Gasteiger partial charge in [-0.25, -0.2) is 13.3 Å². The number of hydrogen-bond donors (Lipinski definition) is 2. The maximum Gasteiger partial charge on any atom is 0.255 e. The minimum absolute atomic E-state index is 0.0733. The van der Waals surface area contributed by atoms with E-state index in [4.69, 9.17) is 0 Å². The summed E-state index contributed by atoms with van der Waals surface area (Å²) in [4.78, 5) is 15.0. The first-order valence-electron chi connectivity index (χ1n) is 10.8. The molecule has 2 saturated heterocycles. The highest BCUT2D eigenvalue weighted by Crippen LogP contribution is 2.38. The Balaban J connectivity index is 1.43. The Morgan fingerprint density at radius 1 is 1.22 bits per heavy atom. The number of benzene rings is 1. The molecule has 4 heterocycles. The van der Waals surface area contributed by atoms with Crippen molar-refractivity contribution in [2.45, 2.75) is 43.2 Å². The molecule has 168 valence electrons. The van der Waals surface area contributed by atoms with Crippen LogP contribution in [-0.2, 0) is 0 Å². The molecular formula is C23H24F2N4O2S. The molecule has 9 heteroatoms. The van der Waals surface area contributed by atoms with Crippen molar-refractivity contribution in [2.24, 2.45) is 0 Å². The Bertz CT molecular complexity index is 1150. The van der Waals surface area contributed by atoms with Crippen molar-refractivity contribution in [3.05, 3.63) is 65.5 Å². The van der Waals surface area contributed by atoms with Crippen LogP contribution < -0.4 is 10.2 Å². The second-order valence-corrected chi connectivity index (χ2v) is 9.60. The number of carbonyl (C=O) groups excluding carboxylic acids is 1. The monoisotopic (exact) mass is 458 g/mol. The first-order valence-corrected chi connectivity index (χ1v) is 11.8. The number of amides is 1. The molecule has 6 nitrogen and oxygen atoms in total. The third-order valence-corrected chi connectivity index (χ3v) is 7.30. The van der Waals surface area contributed by atoms with E-state index < -0.39 is 17.1 Å². The Morgan fingerprint density at radius 2 is 2.09 bits per heavy atom. The quantitative estimate of drug-likeness (QED) is 0.621. The van der Waals surface area contributed by atoms with E-state index in [1.165, 1.54) is 30.1 Å². The summed E-state index contributed by atoms with van der Waals surface area (Å²) >= 11 is 1.50. The van der Waals surface area contributed by atoms with Gasteiger partial charge in [0.25, 0.3) is 5.91 Å². The van der Waals surface area contributed by atoms with Crippen LogP contribution in [0, 0.1) is 11.6 Å². The van der Waals surface area contributed by atoms with Gasteiger partial charge in [-0.15, -0.1) is 11.8 Å². The number of rotatable bonds is 4. The lowest BCUT2D eigenvalue weighted by Gasteiger charge is -2.28. The molecule has 3 atom stereocenters. The van der Waals surface area contributed by atoms with E-state index in [0.717, 1.165) is 36.8 Å². The van der Waals surface area contributed by atoms with Gasteiger partial charge in [0, 0.05) is 36.5 Å². The van der Waals surface area contributed by atoms with Crippen molar-refractivity contribution >= 4 is 28.9 Å². The molecule has 2 unspecified atom stereocenters. The minimum atomic E-state index is -0.458. The van der Waals surface area contributed by atoms with E-state index in [1.54, 1.807) is 10.7 Å². The predicted molar refractivity (Wildman–Crippen MR) is 120 cm³/mol. The number of nitrogens with one attached hydrogen (secondary N) is 1. The van der Waals surface area contributed by atoms with Crippen LogP contribution in [0.2, 0.25) is 0 Å². The fourth-order valence-corrected chi connectivity index (χ4v) is 5.72. The molecule has 1 aromatic carbocycles. The lowest BCUT2D eigenvalue weighted by Crippen LogP contribution is -2.39. The molecule has 2 fully saturated rings. The summed E-state index contributed by atoms with van der Waals surface area (Å²) in [7, 11) is 0. The number of aliphatic hydroxyl groups is 1. The summed E-state index contributed by atoms with van der Waals surface area (Å²) in [6.07, 6.45) is 6.23. The van der Waals surface area contributed by atoms with Crippen LogP contribution in [0.15, 0.2) is 42.7 Å². The van der Waals surface area contributed by atoms with Crippen LogP contribution in [0.3, 0.4) is 0 Å². The van der Waals surface area contributed by atoms with E-state index in [-0.39, 0.29) is 18.0 Å². The number of anilines is 1. The zero-order valence-electron chi connectivity index (χ0n) is 17.4. The molecule has 0 aliphatic carbocycles. The number of carbonyl (C=O) groups is 1. The smallest absolute Gasteiger partial charge is 0.255 e. The Kier molecular flexibility index (Phi) is 5.77. The standard InChI is InChI=1S/C23H24F2N4O2S/c24-14-3-4-19(25)17(10-14)20-2-1-7-28(20)16-5-8-29-21(12-16)18(13-26-29)23(31)27-15-6-9-32-22(30)11-15/h3-5,8,10,12-13,15,20,22,30H,1-2,6-7,9,11H2,(H,27,31)/t15?,20?,22-/m1/s1. The molecule has 2 N–H and O–H groups in total. The summed E-state index contributed by atoms with van der Waals surface area (Å²) in [5, 5.41) is 17.2. The number of halogens is 2. The van der Waals surface area contributed by atoms with Gasteiger partial charge in [-0.2, -0.15) is 5.10 Å². The molecule has 0 saturated carbocycles. The number of nitrogens with zero attached hydrogens (tertiary/aromatic N) is 3. The molecule has 3 aromatic rings. The SMILES string of the molecule is O=C(NC1CCS[C@@H](O)C1)c1cnn2ccc(N3CCCC3c3cc(F)ccc3F)cc12. The molecule has 0 spiro atoms. The van der Waals surface area contributed by atoms with Gasteiger partial charge in [-0.3, -0.25) is 4.79 Å². The first kappa shape index (κ1) is 21.2. The summed E-state index contributed by atoms with van der Waals surface area (Å²) in [5.74, 6) is -0.292. The highest BCUT2D eigenvalue weighted by molar-refractivity contribution is 7.99. The minimum Gasteiger partial charge on any atom is -0.382 e. The number of aromatic nitrogens is 2. The lowest BCUT2D eigenvalue weighted by atomic mass is 10.0. The van der Waals surface area contributed by atoms with Gasteiger partial charge in [-0.05, 0) is 55.3 Å². The van der Waals surface area contributed by atoms with Gasteiger partial charge in [0.2, 0.25) is 0 Å². The second-order valence-electron chi connectivity index (χ2n) is 8.31. The highest BCUT2D eigenvalue weighted by atomic mass is 32.2. The second kappa shape index (κ2) is 8.71. The van der Waals surface area contributed by atoms with Gasteiger partial charge in [-0.1, -0.05) is 0 Å². The van der Waals surface area contributed by atoms with Crippen LogP contribution in [0.4, 0.5) is 14.5 Å². The maximum absolute atomic E-state index is 14.5. The van der Waals surface area contributed by atoms with E-state index in [2.05, 4.69) is 15.3 Å². The number of pyridine rings is 1. The lowest BCUT2D eigenvalue weighted by molar-refractivity contribution is 0.0926. The molecule has 0 radical (unpaired) electrons. The van der Waals surface area contributed by atoms with Gasteiger partial charge in [0.05, 0.1) is 23.3 Å². The third kappa shape index (κ3) is 4.06. The van der Waals surface area contributed by atoms with Crippen LogP contribution in [0.5, 0.6) is 0 Å². The van der Waals surface area contributed by atoms with Gasteiger partial charge >= 0.3 is 0 Å². The average molecular weight is 459 g/mol. The van der Waals surface area contributed by atoms with Crippen LogP contribution in [-0.4, -0.2) is 44.4 Å². The molecule has 5 rings (SSSR count). The number of aliphatic hydroxyl groups excluding tert-OH is 1. The summed E-state index contributed by atoms with van der Waals surface area (Å²) in [6.45, 7) is 0.712. The maximum atomic E-state index is 14.5. The molecule has 2 aliphatic rings. The van der Waals surface area contributed by atoms with Crippen molar-refractivity contribution in [1.82, 2.24) is 14.9 Å². The fraction of sp³-hybridized carbons (Fsp3) is 0.391. The fourth-order valence-electron chi connectivity index (χ4n) is 4.66. The van der Waals surface area contributed by atoms with Gasteiger partial charge < -0.3 is 15.3 Å². The number of hydrogen-bond acceptors (Lipinski definition) is 5. The van der Waals surface area contributed by atoms with Crippen LogP contribution in [0.1, 0.15) is 47.6 Å². The van der Waals surface area contributed by atoms with Crippen molar-refractivity contribution in [3.63, 3.8) is 0 Å². The summed E-state index contributed by atoms with van der Waals surface area (Å²) < 4.78 is 29.9. The Morgan fingerprint density at radius 3 is 2.94 bits per heavy atom. The van der Waals surface area contributed by atoms with Crippen LogP contribution >= 0.6 is 11.8 Å². The summed E-state index contributed by atoms with van der Waals surface area (Å²) in [6, 6.07) is 6.99. The first-order chi connectivity index (χ1) is 15.5. The molecular weight excluding hydrogens is 434 g/mol. The van der Waals surface area contributed by atoms with E-state index in [0.29, 0.717) is 29.6 Å². The molecule has 32 heavy (non-hydrogen) atoms.